The first-order chi connectivity index (χ1) is 11.1. The van der Waals surface area contributed by atoms with E-state index >= 15 is 0 Å². The van der Waals surface area contributed by atoms with E-state index in [-0.39, 0.29) is 5.91 Å². The van der Waals surface area contributed by atoms with E-state index in [0.29, 0.717) is 10.8 Å². The Morgan fingerprint density at radius 3 is 2.61 bits per heavy atom. The van der Waals surface area contributed by atoms with Gasteiger partial charge in [-0.2, -0.15) is 0 Å². The average Bonchev–Trinajstić information content (AvgIpc) is 2.98. The molecular formula is C16H19BrN4OS. The highest BCUT2D eigenvalue weighted by atomic mass is 79.9. The largest absolute Gasteiger partial charge is 0.356 e. The van der Waals surface area contributed by atoms with Crippen LogP contribution in [0.5, 0.6) is 0 Å². The minimum absolute atomic E-state index is 0.297. The molecule has 0 spiro atoms. The van der Waals surface area contributed by atoms with Crippen molar-refractivity contribution < 1.29 is 4.79 Å². The molecule has 5 nitrogen and oxygen atoms in total. The zero-order valence-electron chi connectivity index (χ0n) is 12.8. The minimum Gasteiger partial charge on any atom is -0.356 e. The molecule has 0 atom stereocenters. The van der Waals surface area contributed by atoms with Gasteiger partial charge in [-0.1, -0.05) is 25.5 Å². The Morgan fingerprint density at radius 2 is 2.00 bits per heavy atom. The van der Waals surface area contributed by atoms with E-state index in [2.05, 4.69) is 56.1 Å². The highest BCUT2D eigenvalue weighted by Gasteiger charge is 2.07. The predicted molar refractivity (Wildman–Crippen MR) is 100 cm³/mol. The molecule has 0 fully saturated rings. The second-order valence-corrected chi connectivity index (χ2v) is 6.39. The number of nitrogens with one attached hydrogen (secondary N) is 4. The first-order valence-electron chi connectivity index (χ1n) is 7.38. The molecule has 23 heavy (non-hydrogen) atoms. The fourth-order valence-corrected chi connectivity index (χ4v) is 2.49. The van der Waals surface area contributed by atoms with E-state index in [1.165, 1.54) is 18.4 Å². The van der Waals surface area contributed by atoms with Crippen LogP contribution in [0.2, 0.25) is 0 Å². The lowest BCUT2D eigenvalue weighted by atomic mass is 10.1. The first-order valence-corrected chi connectivity index (χ1v) is 8.59. The Kier molecular flexibility index (Phi) is 6.61. The maximum Gasteiger partial charge on any atom is 0.286 e. The summed E-state index contributed by atoms with van der Waals surface area (Å²) >= 11 is 8.43. The molecule has 4 N–H and O–H groups in total. The zero-order chi connectivity index (χ0) is 16.7. The van der Waals surface area contributed by atoms with Gasteiger partial charge in [-0.15, -0.1) is 0 Å². The van der Waals surface area contributed by atoms with Gasteiger partial charge >= 0.3 is 0 Å². The van der Waals surface area contributed by atoms with Crippen molar-refractivity contribution in [3.63, 3.8) is 0 Å². The number of halogens is 1. The summed E-state index contributed by atoms with van der Waals surface area (Å²) in [4.78, 5) is 14.7. The number of H-pyrrole nitrogens is 1. The number of benzene rings is 1. The lowest BCUT2D eigenvalue weighted by Crippen LogP contribution is -2.43. The lowest BCUT2D eigenvalue weighted by molar-refractivity contribution is 0.0940. The molecule has 0 saturated heterocycles. The third kappa shape index (κ3) is 5.69. The summed E-state index contributed by atoms with van der Waals surface area (Å²) in [5, 5.41) is 3.35. The Hall–Kier alpha value is -1.86. The van der Waals surface area contributed by atoms with Crippen molar-refractivity contribution in [2.24, 2.45) is 0 Å². The molecule has 0 bridgehead atoms. The van der Waals surface area contributed by atoms with E-state index in [0.717, 1.165) is 16.6 Å². The van der Waals surface area contributed by atoms with Gasteiger partial charge in [0.15, 0.2) is 5.11 Å². The van der Waals surface area contributed by atoms with Crippen LogP contribution >= 0.6 is 28.1 Å². The molecule has 1 aromatic carbocycles. The average molecular weight is 395 g/mol. The van der Waals surface area contributed by atoms with Gasteiger partial charge < -0.3 is 10.3 Å². The van der Waals surface area contributed by atoms with Gasteiger partial charge in [0.25, 0.3) is 5.91 Å². The normalized spacial score (nSPS) is 10.2. The molecule has 0 aliphatic carbocycles. The first kappa shape index (κ1) is 17.5. The number of rotatable bonds is 5. The van der Waals surface area contributed by atoms with Gasteiger partial charge in [0, 0.05) is 16.4 Å². The smallest absolute Gasteiger partial charge is 0.286 e. The van der Waals surface area contributed by atoms with Crippen molar-refractivity contribution in [2.75, 3.05) is 5.32 Å². The van der Waals surface area contributed by atoms with Gasteiger partial charge in [0.2, 0.25) is 0 Å². The van der Waals surface area contributed by atoms with Crippen molar-refractivity contribution in [2.45, 2.75) is 26.2 Å². The number of hydrazine groups is 1. The molecule has 0 saturated carbocycles. The van der Waals surface area contributed by atoms with E-state index in [1.807, 2.05) is 12.1 Å². The molecule has 1 heterocycles. The summed E-state index contributed by atoms with van der Waals surface area (Å²) in [7, 11) is 0. The number of unbranched alkanes of at least 4 members (excludes halogenated alkanes) is 1. The number of aromatic nitrogens is 1. The van der Waals surface area contributed by atoms with Crippen molar-refractivity contribution in [3.05, 3.63) is 52.3 Å². The molecule has 2 rings (SSSR count). The van der Waals surface area contributed by atoms with Crippen LogP contribution < -0.4 is 16.2 Å². The zero-order valence-corrected chi connectivity index (χ0v) is 15.2. The third-order valence-electron chi connectivity index (χ3n) is 3.21. The van der Waals surface area contributed by atoms with Crippen LogP contribution in [0.3, 0.4) is 0 Å². The van der Waals surface area contributed by atoms with Gasteiger partial charge in [-0.3, -0.25) is 15.6 Å². The molecule has 7 heteroatoms. The van der Waals surface area contributed by atoms with Crippen LogP contribution in [-0.4, -0.2) is 16.0 Å². The number of aryl methyl sites for hydroxylation is 1. The Bertz CT molecular complexity index is 669. The van der Waals surface area contributed by atoms with Crippen LogP contribution in [-0.2, 0) is 6.42 Å². The summed E-state index contributed by atoms with van der Waals surface area (Å²) in [6, 6.07) is 9.79. The molecule has 1 amide bonds. The summed E-state index contributed by atoms with van der Waals surface area (Å²) < 4.78 is 0.812. The summed E-state index contributed by atoms with van der Waals surface area (Å²) in [5.41, 5.74) is 7.82. The highest BCUT2D eigenvalue weighted by Crippen LogP contribution is 2.12. The highest BCUT2D eigenvalue weighted by molar-refractivity contribution is 9.10. The van der Waals surface area contributed by atoms with Crippen molar-refractivity contribution in [1.29, 1.82) is 0 Å². The quantitative estimate of drug-likeness (QED) is 0.460. The maximum atomic E-state index is 11.8. The van der Waals surface area contributed by atoms with Gasteiger partial charge in [0.1, 0.15) is 5.69 Å². The number of anilines is 1. The van der Waals surface area contributed by atoms with Crippen LogP contribution in [0.1, 0.15) is 35.8 Å². The SMILES string of the molecule is CCCCc1ccc(NC(=S)NNC(=O)c2cc(Br)c[nH]2)cc1. The number of carbonyl (C=O) groups excluding carboxylic acids is 1. The van der Waals surface area contributed by atoms with Gasteiger partial charge in [-0.25, -0.2) is 0 Å². The number of hydrogen-bond donors (Lipinski definition) is 4. The van der Waals surface area contributed by atoms with E-state index in [9.17, 15) is 4.79 Å². The van der Waals surface area contributed by atoms with Crippen LogP contribution in [0.25, 0.3) is 0 Å². The molecule has 1 aromatic heterocycles. The molecule has 0 unspecified atom stereocenters. The van der Waals surface area contributed by atoms with Gasteiger partial charge in [-0.05, 0) is 64.8 Å². The standard InChI is InChI=1S/C16H19BrN4OS/c1-2-3-4-11-5-7-13(8-6-11)19-16(23)21-20-15(22)14-9-12(17)10-18-14/h5-10,18H,2-4H2,1H3,(H,20,22)(H2,19,21,23). The van der Waals surface area contributed by atoms with Crippen molar-refractivity contribution in [3.8, 4) is 0 Å². The Balaban J connectivity index is 1.79. The Morgan fingerprint density at radius 1 is 1.26 bits per heavy atom. The fraction of sp³-hybridized carbons (Fsp3) is 0.250. The summed E-state index contributed by atoms with van der Waals surface area (Å²) in [6.07, 6.45) is 5.14. The molecule has 0 aliphatic rings. The van der Waals surface area contributed by atoms with E-state index < -0.39 is 0 Å². The van der Waals surface area contributed by atoms with E-state index in [1.54, 1.807) is 12.3 Å². The minimum atomic E-state index is -0.297. The molecule has 2 aromatic rings. The summed E-state index contributed by atoms with van der Waals surface area (Å²) in [6.45, 7) is 2.18. The number of aromatic amines is 1. The topological polar surface area (TPSA) is 68.9 Å². The molecule has 122 valence electrons. The van der Waals surface area contributed by atoms with Crippen LogP contribution in [0.15, 0.2) is 41.0 Å². The van der Waals surface area contributed by atoms with Crippen molar-refractivity contribution in [1.82, 2.24) is 15.8 Å². The predicted octanol–water partition coefficient (Wildman–Crippen LogP) is 3.75. The Labute approximate surface area is 149 Å². The van der Waals surface area contributed by atoms with E-state index in [4.69, 9.17) is 12.2 Å². The lowest BCUT2D eigenvalue weighted by Gasteiger charge is -2.11. The molecular weight excluding hydrogens is 376 g/mol. The molecule has 0 aliphatic heterocycles. The van der Waals surface area contributed by atoms with Crippen LogP contribution in [0, 0.1) is 0 Å². The third-order valence-corrected chi connectivity index (χ3v) is 3.87. The monoisotopic (exact) mass is 394 g/mol. The second kappa shape index (κ2) is 8.69. The second-order valence-electron chi connectivity index (χ2n) is 5.07. The summed E-state index contributed by atoms with van der Waals surface area (Å²) in [5.74, 6) is -0.297. The number of amides is 1. The number of carbonyl (C=O) groups is 1. The van der Waals surface area contributed by atoms with Crippen LogP contribution in [0.4, 0.5) is 5.69 Å². The number of thiocarbonyl (C=S) groups is 1. The fourth-order valence-electron chi connectivity index (χ4n) is 1.98. The van der Waals surface area contributed by atoms with Gasteiger partial charge in [0.05, 0.1) is 0 Å². The maximum absolute atomic E-state index is 11.8. The molecule has 0 radical (unpaired) electrons. The van der Waals surface area contributed by atoms with Crippen molar-refractivity contribution >= 4 is 44.9 Å². The number of hydrogen-bond acceptors (Lipinski definition) is 2.